The standard InChI is InChI=1S/C7H5F4NO4S2/c1-17(13)12-6-2(8)4(10)7(18(14,15)16)5(11)3(6)9/h12H,1H3,(H,14,15,16). The molecule has 0 radical (unpaired) electrons. The molecule has 1 atom stereocenters. The van der Waals surface area contributed by atoms with Gasteiger partial charge in [0.25, 0.3) is 0 Å². The van der Waals surface area contributed by atoms with Crippen molar-refractivity contribution < 1.29 is 34.7 Å². The van der Waals surface area contributed by atoms with Crippen LogP contribution in [0.2, 0.25) is 0 Å². The first-order valence-electron chi connectivity index (χ1n) is 4.00. The van der Waals surface area contributed by atoms with Gasteiger partial charge in [0.15, 0.2) is 28.2 Å². The minimum atomic E-state index is -5.49. The van der Waals surface area contributed by atoms with Crippen LogP contribution >= 0.6 is 0 Å². The number of anilines is 1. The molecule has 102 valence electrons. The maximum atomic E-state index is 13.2. The van der Waals surface area contributed by atoms with Crippen LogP contribution in [-0.2, 0) is 21.1 Å². The highest BCUT2D eigenvalue weighted by Gasteiger charge is 2.32. The normalized spacial score (nSPS) is 13.4. The summed E-state index contributed by atoms with van der Waals surface area (Å²) in [5.74, 6) is -8.86. The Morgan fingerprint density at radius 3 is 1.72 bits per heavy atom. The van der Waals surface area contributed by atoms with E-state index in [1.54, 1.807) is 4.72 Å². The molecule has 1 rings (SSSR count). The van der Waals surface area contributed by atoms with Gasteiger partial charge >= 0.3 is 10.1 Å². The van der Waals surface area contributed by atoms with Crippen LogP contribution in [0.25, 0.3) is 0 Å². The lowest BCUT2D eigenvalue weighted by Crippen LogP contribution is -2.14. The highest BCUT2D eigenvalue weighted by atomic mass is 32.2. The fourth-order valence-corrected chi connectivity index (χ4v) is 2.17. The van der Waals surface area contributed by atoms with E-state index in [1.165, 1.54) is 0 Å². The van der Waals surface area contributed by atoms with Gasteiger partial charge in [0, 0.05) is 6.26 Å². The quantitative estimate of drug-likeness (QED) is 0.499. The van der Waals surface area contributed by atoms with Gasteiger partial charge in [-0.2, -0.15) is 8.42 Å². The number of rotatable bonds is 3. The number of hydrogen-bond acceptors (Lipinski definition) is 3. The van der Waals surface area contributed by atoms with E-state index in [0.717, 1.165) is 6.26 Å². The van der Waals surface area contributed by atoms with E-state index in [0.29, 0.717) is 0 Å². The minimum Gasteiger partial charge on any atom is -0.300 e. The summed E-state index contributed by atoms with van der Waals surface area (Å²) in [6.45, 7) is 0. The maximum absolute atomic E-state index is 13.2. The first-order valence-corrected chi connectivity index (χ1v) is 7.00. The van der Waals surface area contributed by atoms with E-state index in [1.807, 2.05) is 0 Å². The van der Waals surface area contributed by atoms with E-state index in [4.69, 9.17) is 4.55 Å². The summed E-state index contributed by atoms with van der Waals surface area (Å²) in [4.78, 5) is -2.15. The third-order valence-corrected chi connectivity index (χ3v) is 3.09. The maximum Gasteiger partial charge on any atom is 0.300 e. The Morgan fingerprint density at radius 1 is 1.06 bits per heavy atom. The smallest absolute Gasteiger partial charge is 0.300 e. The monoisotopic (exact) mass is 307 g/mol. The summed E-state index contributed by atoms with van der Waals surface area (Å²) in [5, 5.41) is 0. The van der Waals surface area contributed by atoms with Crippen molar-refractivity contribution in [3.8, 4) is 0 Å². The van der Waals surface area contributed by atoms with Gasteiger partial charge in [-0.25, -0.2) is 21.8 Å². The van der Waals surface area contributed by atoms with Gasteiger partial charge in [0.05, 0.1) is 0 Å². The van der Waals surface area contributed by atoms with Crippen LogP contribution < -0.4 is 4.72 Å². The van der Waals surface area contributed by atoms with Crippen molar-refractivity contribution in [1.82, 2.24) is 0 Å². The largest absolute Gasteiger partial charge is 0.300 e. The number of benzene rings is 1. The van der Waals surface area contributed by atoms with E-state index in [2.05, 4.69) is 0 Å². The van der Waals surface area contributed by atoms with Crippen molar-refractivity contribution in [3.05, 3.63) is 23.3 Å². The molecule has 0 bridgehead atoms. The number of nitrogens with one attached hydrogen (secondary N) is 1. The molecule has 1 unspecified atom stereocenters. The molecule has 1 aromatic rings. The van der Waals surface area contributed by atoms with Crippen LogP contribution in [0, 0.1) is 23.3 Å². The van der Waals surface area contributed by atoms with Crippen LogP contribution in [0.15, 0.2) is 4.90 Å². The van der Waals surface area contributed by atoms with Gasteiger partial charge in [-0.15, -0.1) is 0 Å². The second kappa shape index (κ2) is 4.82. The van der Waals surface area contributed by atoms with Gasteiger partial charge in [-0.05, 0) is 0 Å². The summed E-state index contributed by atoms with van der Waals surface area (Å²) in [7, 11) is -7.54. The van der Waals surface area contributed by atoms with Crippen molar-refractivity contribution in [2.45, 2.75) is 4.90 Å². The zero-order valence-corrected chi connectivity index (χ0v) is 10.1. The van der Waals surface area contributed by atoms with Crippen LogP contribution in [0.4, 0.5) is 23.2 Å². The lowest BCUT2D eigenvalue weighted by Gasteiger charge is -2.10. The molecule has 2 N–H and O–H groups in total. The fourth-order valence-electron chi connectivity index (χ4n) is 1.07. The van der Waals surface area contributed by atoms with Gasteiger partial charge in [0.1, 0.15) is 16.7 Å². The van der Waals surface area contributed by atoms with Gasteiger partial charge < -0.3 is 0 Å². The Labute approximate surface area is 101 Å². The summed E-state index contributed by atoms with van der Waals surface area (Å²) in [6, 6.07) is 0. The summed E-state index contributed by atoms with van der Waals surface area (Å²) in [5.41, 5.74) is -1.43. The molecule has 0 aliphatic heterocycles. The first-order chi connectivity index (χ1) is 8.07. The highest BCUT2D eigenvalue weighted by Crippen LogP contribution is 2.30. The molecule has 0 heterocycles. The third kappa shape index (κ3) is 2.62. The number of hydrogen-bond donors (Lipinski definition) is 2. The molecule has 0 amide bonds. The predicted octanol–water partition coefficient (Wildman–Crippen LogP) is 1.20. The second-order valence-corrected chi connectivity index (χ2v) is 5.46. The Balaban J connectivity index is 3.72. The molecular formula is C7H5F4NO4S2. The molecule has 11 heteroatoms. The van der Waals surface area contributed by atoms with Gasteiger partial charge in [-0.1, -0.05) is 0 Å². The Bertz CT molecular complexity index is 602. The van der Waals surface area contributed by atoms with Crippen LogP contribution in [0.1, 0.15) is 0 Å². The van der Waals surface area contributed by atoms with Crippen molar-refractivity contribution in [2.24, 2.45) is 0 Å². The molecule has 0 fully saturated rings. The van der Waals surface area contributed by atoms with Crippen LogP contribution in [-0.4, -0.2) is 23.4 Å². The van der Waals surface area contributed by atoms with Crippen molar-refractivity contribution in [1.29, 1.82) is 0 Å². The number of halogens is 4. The molecule has 0 saturated heterocycles. The van der Waals surface area contributed by atoms with Crippen LogP contribution in [0.3, 0.4) is 0 Å². The van der Waals surface area contributed by atoms with Crippen molar-refractivity contribution in [2.75, 3.05) is 11.0 Å². The molecular weight excluding hydrogens is 302 g/mol. The molecule has 0 saturated carbocycles. The summed E-state index contributed by atoms with van der Waals surface area (Å²) >= 11 is 0. The van der Waals surface area contributed by atoms with Crippen molar-refractivity contribution >= 4 is 26.8 Å². The molecule has 0 aromatic heterocycles. The molecule has 5 nitrogen and oxygen atoms in total. The Hall–Kier alpha value is -1.20. The average Bonchev–Trinajstić information content (AvgIpc) is 2.19. The highest BCUT2D eigenvalue weighted by molar-refractivity contribution is 7.86. The Kier molecular flexibility index (Phi) is 3.98. The molecule has 1 aromatic carbocycles. The lowest BCUT2D eigenvalue weighted by atomic mass is 10.2. The SMILES string of the molecule is CS(=O)Nc1c(F)c(F)c(S(=O)(=O)O)c(F)c1F. The Morgan fingerprint density at radius 2 is 1.44 bits per heavy atom. The van der Waals surface area contributed by atoms with E-state index in [9.17, 15) is 30.2 Å². The second-order valence-electron chi connectivity index (χ2n) is 2.99. The van der Waals surface area contributed by atoms with Crippen LogP contribution in [0.5, 0.6) is 0 Å². The van der Waals surface area contributed by atoms with Gasteiger partial charge in [0.2, 0.25) is 0 Å². The average molecular weight is 307 g/mol. The summed E-state index contributed by atoms with van der Waals surface area (Å²) in [6.07, 6.45) is 0.922. The molecule has 0 spiro atoms. The van der Waals surface area contributed by atoms with E-state index < -0.39 is 55.0 Å². The topological polar surface area (TPSA) is 83.5 Å². The van der Waals surface area contributed by atoms with E-state index >= 15 is 0 Å². The fraction of sp³-hybridized carbons (Fsp3) is 0.143. The zero-order chi connectivity index (χ0) is 14.2. The van der Waals surface area contributed by atoms with E-state index in [-0.39, 0.29) is 0 Å². The first kappa shape index (κ1) is 14.9. The summed E-state index contributed by atoms with van der Waals surface area (Å²) < 4.78 is 94.7. The minimum absolute atomic E-state index is 0.922. The zero-order valence-electron chi connectivity index (χ0n) is 8.50. The van der Waals surface area contributed by atoms with Gasteiger partial charge in [-0.3, -0.25) is 9.27 Å². The third-order valence-electron chi connectivity index (χ3n) is 1.73. The predicted molar refractivity (Wildman–Crippen MR) is 53.8 cm³/mol. The molecule has 18 heavy (non-hydrogen) atoms. The lowest BCUT2D eigenvalue weighted by molar-refractivity contribution is 0.407. The molecule has 0 aliphatic carbocycles. The molecule has 0 aliphatic rings. The van der Waals surface area contributed by atoms with Crippen molar-refractivity contribution in [3.63, 3.8) is 0 Å².